The van der Waals surface area contributed by atoms with Crippen molar-refractivity contribution >= 4 is 23.5 Å². The number of carbonyl (C=O) groups excluding carboxylic acids is 2. The molecule has 0 bridgehead atoms. The van der Waals surface area contributed by atoms with Crippen LogP contribution in [-0.4, -0.2) is 31.0 Å². The third-order valence-electron chi connectivity index (χ3n) is 1.59. The second-order valence-electron chi connectivity index (χ2n) is 2.57. The maximum Gasteiger partial charge on any atom is 0.320 e. The first-order valence-corrected chi connectivity index (χ1v) is 5.10. The molecule has 5 heteroatoms. The minimum Gasteiger partial charge on any atom is -0.465 e. The number of hydrogen-bond donors (Lipinski definition) is 0. The molecule has 0 aliphatic heterocycles. The summed E-state index contributed by atoms with van der Waals surface area (Å²) in [4.78, 5) is 22.5. The molecule has 1 atom stereocenters. The van der Waals surface area contributed by atoms with Crippen LogP contribution in [0.15, 0.2) is 0 Å². The first-order chi connectivity index (χ1) is 6.67. The van der Waals surface area contributed by atoms with Crippen LogP contribution >= 0.6 is 11.6 Å². The fourth-order valence-electron chi connectivity index (χ4n) is 0.912. The largest absolute Gasteiger partial charge is 0.465 e. The van der Waals surface area contributed by atoms with Gasteiger partial charge in [-0.1, -0.05) is 6.92 Å². The molecule has 0 amide bonds. The summed E-state index contributed by atoms with van der Waals surface area (Å²) in [5, 5.41) is 0. The monoisotopic (exact) mass is 222 g/mol. The van der Waals surface area contributed by atoms with Crippen LogP contribution in [0.1, 0.15) is 20.3 Å². The summed E-state index contributed by atoms with van der Waals surface area (Å²) < 4.78 is 9.46. The topological polar surface area (TPSA) is 52.6 Å². The summed E-state index contributed by atoms with van der Waals surface area (Å²) >= 11 is 5.34. The molecule has 0 heterocycles. The van der Waals surface area contributed by atoms with Gasteiger partial charge in [0.2, 0.25) is 0 Å². The lowest BCUT2D eigenvalue weighted by atomic mass is 10.1. The molecule has 0 aromatic heterocycles. The van der Waals surface area contributed by atoms with Crippen molar-refractivity contribution in [2.24, 2.45) is 5.92 Å². The van der Waals surface area contributed by atoms with Gasteiger partial charge in [-0.05, 0) is 13.3 Å². The van der Waals surface area contributed by atoms with E-state index in [0.717, 1.165) is 0 Å². The third-order valence-corrected chi connectivity index (χ3v) is 1.74. The molecule has 0 aromatic rings. The van der Waals surface area contributed by atoms with Crippen LogP contribution in [0.2, 0.25) is 0 Å². The van der Waals surface area contributed by atoms with Crippen LogP contribution in [0.3, 0.4) is 0 Å². The van der Waals surface area contributed by atoms with E-state index in [9.17, 15) is 9.59 Å². The Bertz CT molecular complexity index is 193. The highest BCUT2D eigenvalue weighted by Gasteiger charge is 2.27. The fraction of sp³-hybridized carbons (Fsp3) is 0.778. The lowest BCUT2D eigenvalue weighted by Gasteiger charge is -2.11. The summed E-state index contributed by atoms with van der Waals surface area (Å²) in [6, 6.07) is 0. The van der Waals surface area contributed by atoms with Crippen molar-refractivity contribution in [1.29, 1.82) is 0 Å². The summed E-state index contributed by atoms with van der Waals surface area (Å²) in [7, 11) is 0. The standard InChI is InChI=1S/C9H15ClO4/c1-3-7(8(11)13-4-2)9(12)14-6-5-10/h7H,3-6H2,1-2H3. The van der Waals surface area contributed by atoms with Gasteiger partial charge in [-0.15, -0.1) is 11.6 Å². The predicted molar refractivity (Wildman–Crippen MR) is 52.1 cm³/mol. The maximum atomic E-state index is 11.3. The first-order valence-electron chi connectivity index (χ1n) is 4.56. The average Bonchev–Trinajstić information content (AvgIpc) is 2.16. The molecule has 14 heavy (non-hydrogen) atoms. The van der Waals surface area contributed by atoms with Crippen molar-refractivity contribution in [3.05, 3.63) is 0 Å². The van der Waals surface area contributed by atoms with E-state index in [1.807, 2.05) is 0 Å². The number of alkyl halides is 1. The van der Waals surface area contributed by atoms with Gasteiger partial charge in [0.1, 0.15) is 6.61 Å². The molecule has 0 aliphatic rings. The lowest BCUT2D eigenvalue weighted by molar-refractivity contribution is -0.161. The van der Waals surface area contributed by atoms with Crippen molar-refractivity contribution in [2.45, 2.75) is 20.3 Å². The average molecular weight is 223 g/mol. The Labute approximate surface area is 88.5 Å². The number of rotatable bonds is 6. The molecule has 0 spiro atoms. The van der Waals surface area contributed by atoms with Crippen LogP contribution < -0.4 is 0 Å². The molecule has 4 nitrogen and oxygen atoms in total. The van der Waals surface area contributed by atoms with Gasteiger partial charge in [-0.3, -0.25) is 9.59 Å². The minimum atomic E-state index is -0.821. The normalized spacial score (nSPS) is 11.9. The zero-order valence-corrected chi connectivity index (χ0v) is 9.17. The molecule has 0 aliphatic carbocycles. The molecular weight excluding hydrogens is 208 g/mol. The van der Waals surface area contributed by atoms with Crippen molar-refractivity contribution in [1.82, 2.24) is 0 Å². The van der Waals surface area contributed by atoms with Gasteiger partial charge in [0.25, 0.3) is 0 Å². The Kier molecular flexibility index (Phi) is 7.20. The molecule has 0 radical (unpaired) electrons. The smallest absolute Gasteiger partial charge is 0.320 e. The van der Waals surface area contributed by atoms with Crippen LogP contribution in [0.5, 0.6) is 0 Å². The van der Waals surface area contributed by atoms with Gasteiger partial charge < -0.3 is 9.47 Å². The highest BCUT2D eigenvalue weighted by Crippen LogP contribution is 2.08. The van der Waals surface area contributed by atoms with E-state index >= 15 is 0 Å². The highest BCUT2D eigenvalue weighted by molar-refractivity contribution is 6.18. The third kappa shape index (κ3) is 4.46. The van der Waals surface area contributed by atoms with Crippen LogP contribution in [0, 0.1) is 5.92 Å². The highest BCUT2D eigenvalue weighted by atomic mass is 35.5. The number of ether oxygens (including phenoxy) is 2. The Morgan fingerprint density at radius 3 is 2.21 bits per heavy atom. The molecule has 0 saturated heterocycles. The SMILES string of the molecule is CCOC(=O)C(CC)C(=O)OCCCl. The van der Waals surface area contributed by atoms with E-state index in [4.69, 9.17) is 21.1 Å². The van der Waals surface area contributed by atoms with Gasteiger partial charge in [0, 0.05) is 0 Å². The Morgan fingerprint density at radius 1 is 1.21 bits per heavy atom. The van der Waals surface area contributed by atoms with Crippen LogP contribution in [0.25, 0.3) is 0 Å². The van der Waals surface area contributed by atoms with Crippen molar-refractivity contribution < 1.29 is 19.1 Å². The van der Waals surface area contributed by atoms with E-state index < -0.39 is 17.9 Å². The lowest BCUT2D eigenvalue weighted by Crippen LogP contribution is -2.27. The molecule has 0 saturated carbocycles. The number of halogens is 1. The predicted octanol–water partition coefficient (Wildman–Crippen LogP) is 1.36. The van der Waals surface area contributed by atoms with Crippen LogP contribution in [-0.2, 0) is 19.1 Å². The summed E-state index contributed by atoms with van der Waals surface area (Å²) in [5.74, 6) is -1.69. The molecule has 0 N–H and O–H groups in total. The quantitative estimate of drug-likeness (QED) is 0.387. The Morgan fingerprint density at radius 2 is 1.79 bits per heavy atom. The number of esters is 2. The number of hydrogen-bond acceptors (Lipinski definition) is 4. The van der Waals surface area contributed by atoms with E-state index in [1.165, 1.54) is 0 Å². The van der Waals surface area contributed by atoms with Gasteiger partial charge >= 0.3 is 11.9 Å². The molecule has 0 aromatic carbocycles. The van der Waals surface area contributed by atoms with Gasteiger partial charge in [-0.25, -0.2) is 0 Å². The zero-order valence-electron chi connectivity index (χ0n) is 8.42. The second kappa shape index (κ2) is 7.62. The minimum absolute atomic E-state index is 0.121. The summed E-state index contributed by atoms with van der Waals surface area (Å²) in [6.45, 7) is 3.80. The van der Waals surface area contributed by atoms with E-state index in [-0.39, 0.29) is 19.1 Å². The van der Waals surface area contributed by atoms with Gasteiger partial charge in [0.05, 0.1) is 12.5 Å². The molecule has 0 fully saturated rings. The van der Waals surface area contributed by atoms with Crippen LogP contribution in [0.4, 0.5) is 0 Å². The molecule has 82 valence electrons. The second-order valence-corrected chi connectivity index (χ2v) is 2.95. The van der Waals surface area contributed by atoms with Gasteiger partial charge in [-0.2, -0.15) is 0 Å². The maximum absolute atomic E-state index is 11.3. The van der Waals surface area contributed by atoms with Crippen molar-refractivity contribution in [3.8, 4) is 0 Å². The number of carbonyl (C=O) groups is 2. The summed E-state index contributed by atoms with van der Waals surface area (Å²) in [6.07, 6.45) is 0.375. The summed E-state index contributed by atoms with van der Waals surface area (Å²) in [5.41, 5.74) is 0. The molecular formula is C9H15ClO4. The van der Waals surface area contributed by atoms with Crippen molar-refractivity contribution in [3.63, 3.8) is 0 Å². The Hall–Kier alpha value is -0.770. The van der Waals surface area contributed by atoms with E-state index in [0.29, 0.717) is 6.42 Å². The van der Waals surface area contributed by atoms with E-state index in [2.05, 4.69) is 0 Å². The van der Waals surface area contributed by atoms with Gasteiger partial charge in [0.15, 0.2) is 5.92 Å². The molecule has 1 unspecified atom stereocenters. The first kappa shape index (κ1) is 13.2. The molecule has 0 rings (SSSR count). The Balaban J connectivity index is 4.10. The van der Waals surface area contributed by atoms with Crippen molar-refractivity contribution in [2.75, 3.05) is 19.1 Å². The zero-order chi connectivity index (χ0) is 11.0. The van der Waals surface area contributed by atoms with E-state index in [1.54, 1.807) is 13.8 Å². The fourth-order valence-corrected chi connectivity index (χ4v) is 0.989.